The summed E-state index contributed by atoms with van der Waals surface area (Å²) in [6.07, 6.45) is 3.30. The lowest BCUT2D eigenvalue weighted by atomic mass is 9.88. The van der Waals surface area contributed by atoms with E-state index in [1.165, 1.54) is 11.3 Å². The summed E-state index contributed by atoms with van der Waals surface area (Å²) in [6, 6.07) is 10.1. The minimum absolute atomic E-state index is 0.0121. The normalized spacial score (nSPS) is 18.0. The molecule has 2 heterocycles. The Hall–Kier alpha value is -2.38. The van der Waals surface area contributed by atoms with Gasteiger partial charge in [0.05, 0.1) is 4.88 Å². The Kier molecular flexibility index (Phi) is 6.39. The highest BCUT2D eigenvalue weighted by Gasteiger charge is 2.36. The van der Waals surface area contributed by atoms with Crippen LogP contribution in [0.15, 0.2) is 41.8 Å². The quantitative estimate of drug-likeness (QED) is 0.715. The highest BCUT2D eigenvalue weighted by atomic mass is 35.5. The van der Waals surface area contributed by atoms with Crippen molar-refractivity contribution in [3.63, 3.8) is 0 Å². The van der Waals surface area contributed by atoms with Gasteiger partial charge in [-0.3, -0.25) is 14.4 Å². The number of carbonyl (C=O) groups is 3. The number of piperidine rings is 1. The SMILES string of the molecule is O=C(NC(C(=O)NC1CC1)C1CCN(C(=O)c2ccc(Cl)cc2)CC1)c1cccs1. The minimum atomic E-state index is -0.590. The van der Waals surface area contributed by atoms with Gasteiger partial charge in [0, 0.05) is 29.7 Å². The maximum absolute atomic E-state index is 12.9. The third kappa shape index (κ3) is 5.02. The van der Waals surface area contributed by atoms with Crippen LogP contribution in [0.4, 0.5) is 0 Å². The summed E-state index contributed by atoms with van der Waals surface area (Å²) >= 11 is 7.26. The molecule has 1 saturated carbocycles. The van der Waals surface area contributed by atoms with Crippen LogP contribution in [0.1, 0.15) is 45.7 Å². The van der Waals surface area contributed by atoms with Crippen LogP contribution < -0.4 is 10.6 Å². The van der Waals surface area contributed by atoms with Crippen molar-refractivity contribution >= 4 is 40.7 Å². The number of likely N-dealkylation sites (tertiary alicyclic amines) is 1. The molecule has 1 aromatic heterocycles. The summed E-state index contributed by atoms with van der Waals surface area (Å²) in [7, 11) is 0. The number of thiophene rings is 1. The standard InChI is InChI=1S/C22H24ClN3O3S/c23-16-5-3-15(4-6-16)22(29)26-11-9-14(10-12-26)19(21(28)24-17-7-8-17)25-20(27)18-2-1-13-30-18/h1-6,13-14,17,19H,7-12H2,(H,24,28)(H,25,27). The van der Waals surface area contributed by atoms with Gasteiger partial charge < -0.3 is 15.5 Å². The van der Waals surface area contributed by atoms with E-state index < -0.39 is 6.04 Å². The first-order valence-electron chi connectivity index (χ1n) is 10.2. The monoisotopic (exact) mass is 445 g/mol. The molecule has 0 bridgehead atoms. The lowest BCUT2D eigenvalue weighted by Gasteiger charge is -2.35. The number of carbonyl (C=O) groups excluding carboxylic acids is 3. The van der Waals surface area contributed by atoms with Gasteiger partial charge >= 0.3 is 0 Å². The summed E-state index contributed by atoms with van der Waals surface area (Å²) in [5, 5.41) is 8.41. The predicted molar refractivity (Wildman–Crippen MR) is 117 cm³/mol. The van der Waals surface area contributed by atoms with E-state index in [9.17, 15) is 14.4 Å². The summed E-state index contributed by atoms with van der Waals surface area (Å²) in [5.41, 5.74) is 0.604. The molecule has 1 saturated heterocycles. The molecule has 30 heavy (non-hydrogen) atoms. The molecule has 8 heteroatoms. The average Bonchev–Trinajstić information content (AvgIpc) is 3.39. The largest absolute Gasteiger partial charge is 0.352 e. The van der Waals surface area contributed by atoms with E-state index in [1.54, 1.807) is 35.2 Å². The van der Waals surface area contributed by atoms with Gasteiger partial charge in [-0.15, -0.1) is 11.3 Å². The molecule has 2 aromatic rings. The summed E-state index contributed by atoms with van der Waals surface area (Å²) in [6.45, 7) is 1.10. The molecule has 2 fully saturated rings. The van der Waals surface area contributed by atoms with Crippen LogP contribution >= 0.6 is 22.9 Å². The van der Waals surface area contributed by atoms with Crippen LogP contribution in [0.5, 0.6) is 0 Å². The maximum Gasteiger partial charge on any atom is 0.262 e. The smallest absolute Gasteiger partial charge is 0.262 e. The van der Waals surface area contributed by atoms with Crippen molar-refractivity contribution in [2.24, 2.45) is 5.92 Å². The van der Waals surface area contributed by atoms with Gasteiger partial charge in [0.15, 0.2) is 0 Å². The Morgan fingerprint density at radius 1 is 1.03 bits per heavy atom. The molecule has 6 nitrogen and oxygen atoms in total. The van der Waals surface area contributed by atoms with Crippen molar-refractivity contribution in [3.05, 3.63) is 57.2 Å². The molecule has 1 aliphatic heterocycles. The Balaban J connectivity index is 1.40. The van der Waals surface area contributed by atoms with Gasteiger partial charge in [-0.05, 0) is 67.3 Å². The lowest BCUT2D eigenvalue weighted by Crippen LogP contribution is -2.54. The highest BCUT2D eigenvalue weighted by molar-refractivity contribution is 7.12. The second-order valence-electron chi connectivity index (χ2n) is 7.85. The van der Waals surface area contributed by atoms with Gasteiger partial charge in [-0.1, -0.05) is 17.7 Å². The van der Waals surface area contributed by atoms with Crippen molar-refractivity contribution in [3.8, 4) is 0 Å². The van der Waals surface area contributed by atoms with Gasteiger partial charge in [0.2, 0.25) is 5.91 Å². The Morgan fingerprint density at radius 3 is 2.33 bits per heavy atom. The number of nitrogens with one attached hydrogen (secondary N) is 2. The predicted octanol–water partition coefficient (Wildman–Crippen LogP) is 3.33. The molecule has 2 N–H and O–H groups in total. The van der Waals surface area contributed by atoms with E-state index in [0.717, 1.165) is 12.8 Å². The number of hydrogen-bond acceptors (Lipinski definition) is 4. The fourth-order valence-corrected chi connectivity index (χ4v) is 4.50. The van der Waals surface area contributed by atoms with E-state index in [0.29, 0.717) is 41.4 Å². The Morgan fingerprint density at radius 2 is 1.73 bits per heavy atom. The van der Waals surface area contributed by atoms with Crippen LogP contribution in [-0.4, -0.2) is 47.8 Å². The molecule has 2 aliphatic rings. The molecule has 1 aromatic carbocycles. The zero-order valence-corrected chi connectivity index (χ0v) is 18.0. The van der Waals surface area contributed by atoms with Crippen LogP contribution in [0.3, 0.4) is 0 Å². The molecular formula is C22H24ClN3O3S. The van der Waals surface area contributed by atoms with Crippen LogP contribution in [-0.2, 0) is 4.79 Å². The van der Waals surface area contributed by atoms with Gasteiger partial charge in [0.25, 0.3) is 11.8 Å². The van der Waals surface area contributed by atoms with Crippen molar-refractivity contribution < 1.29 is 14.4 Å². The van der Waals surface area contributed by atoms with Crippen molar-refractivity contribution in [2.45, 2.75) is 37.8 Å². The third-order valence-electron chi connectivity index (χ3n) is 5.63. The lowest BCUT2D eigenvalue weighted by molar-refractivity contribution is -0.124. The van der Waals surface area contributed by atoms with Gasteiger partial charge in [-0.2, -0.15) is 0 Å². The zero-order chi connectivity index (χ0) is 21.1. The molecular weight excluding hydrogens is 422 g/mol. The number of nitrogens with zero attached hydrogens (tertiary/aromatic N) is 1. The van der Waals surface area contributed by atoms with Crippen LogP contribution in [0.2, 0.25) is 5.02 Å². The van der Waals surface area contributed by atoms with Crippen LogP contribution in [0.25, 0.3) is 0 Å². The molecule has 158 valence electrons. The first-order chi connectivity index (χ1) is 14.5. The molecule has 0 spiro atoms. The van der Waals surface area contributed by atoms with E-state index in [2.05, 4.69) is 10.6 Å². The van der Waals surface area contributed by atoms with E-state index in [4.69, 9.17) is 11.6 Å². The number of amides is 3. The molecule has 3 amide bonds. The fraction of sp³-hybridized carbons (Fsp3) is 0.409. The van der Waals surface area contributed by atoms with Crippen LogP contribution in [0, 0.1) is 5.92 Å². The van der Waals surface area contributed by atoms with Crippen molar-refractivity contribution in [2.75, 3.05) is 13.1 Å². The maximum atomic E-state index is 12.9. The second-order valence-corrected chi connectivity index (χ2v) is 9.23. The van der Waals surface area contributed by atoms with Gasteiger partial charge in [0.1, 0.15) is 6.04 Å². The summed E-state index contributed by atoms with van der Waals surface area (Å²) in [4.78, 5) is 40.6. The number of halogens is 1. The molecule has 4 rings (SSSR count). The first-order valence-corrected chi connectivity index (χ1v) is 11.5. The van der Waals surface area contributed by atoms with E-state index >= 15 is 0 Å². The third-order valence-corrected chi connectivity index (χ3v) is 6.75. The Bertz CT molecular complexity index is 904. The average molecular weight is 446 g/mol. The van der Waals surface area contributed by atoms with Gasteiger partial charge in [-0.25, -0.2) is 0 Å². The summed E-state index contributed by atoms with van der Waals surface area (Å²) < 4.78 is 0. The number of rotatable bonds is 6. The second kappa shape index (κ2) is 9.18. The van der Waals surface area contributed by atoms with Crippen molar-refractivity contribution in [1.29, 1.82) is 0 Å². The molecule has 1 aliphatic carbocycles. The molecule has 0 radical (unpaired) electrons. The van der Waals surface area contributed by atoms with E-state index in [-0.39, 0.29) is 29.7 Å². The number of benzene rings is 1. The van der Waals surface area contributed by atoms with E-state index in [1.807, 2.05) is 11.4 Å². The van der Waals surface area contributed by atoms with Crippen molar-refractivity contribution in [1.82, 2.24) is 15.5 Å². The topological polar surface area (TPSA) is 78.5 Å². The molecule has 1 atom stereocenters. The Labute approximate surface area is 184 Å². The summed E-state index contributed by atoms with van der Waals surface area (Å²) in [5.74, 6) is -0.390. The first kappa shape index (κ1) is 20.9. The number of hydrogen-bond donors (Lipinski definition) is 2. The fourth-order valence-electron chi connectivity index (χ4n) is 3.75. The highest BCUT2D eigenvalue weighted by Crippen LogP contribution is 2.25. The minimum Gasteiger partial charge on any atom is -0.352 e. The zero-order valence-electron chi connectivity index (χ0n) is 16.5. The molecule has 1 unspecified atom stereocenters.